The second kappa shape index (κ2) is 3.00. The molecule has 1 saturated carbocycles. The van der Waals surface area contributed by atoms with E-state index in [2.05, 4.69) is 13.8 Å². The zero-order valence-corrected chi connectivity index (χ0v) is 7.86. The second-order valence-corrected chi connectivity index (χ2v) is 4.50. The Balaban J connectivity index is 2.13. The number of aliphatic hydroxyl groups is 1. The molecule has 2 rings (SSSR count). The SMILES string of the molecule is C[C@@H]1CC[C@@H]2[C@H]1[C@H](O)OC[C@@H]2C. The Morgan fingerprint density at radius 3 is 2.58 bits per heavy atom. The molecule has 1 aliphatic carbocycles. The molecule has 0 radical (unpaired) electrons. The van der Waals surface area contributed by atoms with Crippen LogP contribution in [0.3, 0.4) is 0 Å². The van der Waals surface area contributed by atoms with Crippen molar-refractivity contribution in [2.75, 3.05) is 6.61 Å². The van der Waals surface area contributed by atoms with E-state index in [1.54, 1.807) is 0 Å². The molecule has 1 saturated heterocycles. The Bertz CT molecular complexity index is 169. The minimum atomic E-state index is -0.483. The molecule has 0 aromatic rings. The van der Waals surface area contributed by atoms with Gasteiger partial charge in [0.2, 0.25) is 0 Å². The van der Waals surface area contributed by atoms with Crippen LogP contribution in [0.1, 0.15) is 26.7 Å². The maximum absolute atomic E-state index is 9.65. The van der Waals surface area contributed by atoms with E-state index in [-0.39, 0.29) is 0 Å². The summed E-state index contributed by atoms with van der Waals surface area (Å²) in [6.45, 7) is 5.21. The standard InChI is InChI=1S/C10H18O2/c1-6-3-4-8-7(2)5-12-10(11)9(6)8/h6-11H,3-5H2,1-2H3/t6-,7+,8+,9+,10-/m1/s1. The Hall–Kier alpha value is -0.0800. The topological polar surface area (TPSA) is 29.5 Å². The number of ether oxygens (including phenoxy) is 1. The largest absolute Gasteiger partial charge is 0.368 e. The van der Waals surface area contributed by atoms with Gasteiger partial charge in [0, 0.05) is 5.92 Å². The molecule has 2 fully saturated rings. The minimum absolute atomic E-state index is 0.411. The van der Waals surface area contributed by atoms with Crippen LogP contribution in [0.4, 0.5) is 0 Å². The first-order valence-electron chi connectivity index (χ1n) is 5.00. The van der Waals surface area contributed by atoms with Gasteiger partial charge in [-0.3, -0.25) is 0 Å². The Morgan fingerprint density at radius 2 is 1.92 bits per heavy atom. The first kappa shape index (κ1) is 8.52. The molecule has 5 atom stereocenters. The van der Waals surface area contributed by atoms with Gasteiger partial charge in [-0.1, -0.05) is 13.8 Å². The van der Waals surface area contributed by atoms with Crippen molar-refractivity contribution in [2.45, 2.75) is 33.0 Å². The van der Waals surface area contributed by atoms with Crippen LogP contribution in [-0.2, 0) is 4.74 Å². The normalized spacial score (nSPS) is 53.8. The van der Waals surface area contributed by atoms with E-state index in [1.165, 1.54) is 12.8 Å². The maximum Gasteiger partial charge on any atom is 0.157 e. The fourth-order valence-electron chi connectivity index (χ4n) is 2.90. The summed E-state index contributed by atoms with van der Waals surface area (Å²) in [5, 5.41) is 9.65. The molecule has 2 nitrogen and oxygen atoms in total. The molecule has 2 aliphatic rings. The van der Waals surface area contributed by atoms with Crippen molar-refractivity contribution in [1.82, 2.24) is 0 Å². The summed E-state index contributed by atoms with van der Waals surface area (Å²) in [6.07, 6.45) is 2.07. The molecule has 1 heterocycles. The van der Waals surface area contributed by atoms with Crippen LogP contribution in [0.15, 0.2) is 0 Å². The van der Waals surface area contributed by atoms with Gasteiger partial charge in [-0.05, 0) is 30.6 Å². The summed E-state index contributed by atoms with van der Waals surface area (Å²) in [5.41, 5.74) is 0. The smallest absolute Gasteiger partial charge is 0.157 e. The van der Waals surface area contributed by atoms with Gasteiger partial charge in [-0.25, -0.2) is 0 Å². The second-order valence-electron chi connectivity index (χ2n) is 4.50. The monoisotopic (exact) mass is 170 g/mol. The van der Waals surface area contributed by atoms with Crippen molar-refractivity contribution in [2.24, 2.45) is 23.7 Å². The Labute approximate surface area is 73.9 Å². The Kier molecular flexibility index (Phi) is 2.13. The van der Waals surface area contributed by atoms with Crippen LogP contribution < -0.4 is 0 Å². The van der Waals surface area contributed by atoms with Crippen LogP contribution >= 0.6 is 0 Å². The molecule has 1 N–H and O–H groups in total. The average molecular weight is 170 g/mol. The van der Waals surface area contributed by atoms with E-state index in [9.17, 15) is 5.11 Å². The summed E-state index contributed by atoms with van der Waals surface area (Å²) >= 11 is 0. The molecule has 0 spiro atoms. The van der Waals surface area contributed by atoms with Crippen LogP contribution in [-0.4, -0.2) is 18.0 Å². The highest BCUT2D eigenvalue weighted by Gasteiger charge is 2.44. The zero-order valence-electron chi connectivity index (χ0n) is 7.86. The highest BCUT2D eigenvalue weighted by molar-refractivity contribution is 4.89. The van der Waals surface area contributed by atoms with Gasteiger partial charge in [-0.2, -0.15) is 0 Å². The van der Waals surface area contributed by atoms with E-state index >= 15 is 0 Å². The van der Waals surface area contributed by atoms with Gasteiger partial charge in [0.05, 0.1) is 6.61 Å². The van der Waals surface area contributed by atoms with E-state index in [0.717, 1.165) is 6.61 Å². The lowest BCUT2D eigenvalue weighted by Gasteiger charge is -2.37. The molecular weight excluding hydrogens is 152 g/mol. The van der Waals surface area contributed by atoms with E-state index in [0.29, 0.717) is 23.7 Å². The number of aliphatic hydroxyl groups excluding tert-OH is 1. The fourth-order valence-corrected chi connectivity index (χ4v) is 2.90. The number of rotatable bonds is 0. The third-order valence-electron chi connectivity index (χ3n) is 3.70. The van der Waals surface area contributed by atoms with Crippen molar-refractivity contribution >= 4 is 0 Å². The van der Waals surface area contributed by atoms with E-state index < -0.39 is 6.29 Å². The van der Waals surface area contributed by atoms with Crippen LogP contribution in [0.5, 0.6) is 0 Å². The summed E-state index contributed by atoms with van der Waals surface area (Å²) in [6, 6.07) is 0. The lowest BCUT2D eigenvalue weighted by molar-refractivity contribution is -0.195. The van der Waals surface area contributed by atoms with Crippen LogP contribution in [0.2, 0.25) is 0 Å². The highest BCUT2D eigenvalue weighted by Crippen LogP contribution is 2.45. The molecule has 70 valence electrons. The van der Waals surface area contributed by atoms with Gasteiger partial charge >= 0.3 is 0 Å². The first-order valence-corrected chi connectivity index (χ1v) is 5.00. The summed E-state index contributed by atoms with van der Waals surface area (Å²) in [4.78, 5) is 0. The quantitative estimate of drug-likeness (QED) is 0.598. The molecular formula is C10H18O2. The summed E-state index contributed by atoms with van der Waals surface area (Å²) in [5.74, 6) is 2.41. The molecule has 0 amide bonds. The molecule has 2 heteroatoms. The average Bonchev–Trinajstić information content (AvgIpc) is 2.42. The highest BCUT2D eigenvalue weighted by atomic mass is 16.6. The lowest BCUT2D eigenvalue weighted by atomic mass is 9.80. The maximum atomic E-state index is 9.65. The van der Waals surface area contributed by atoms with Crippen molar-refractivity contribution in [3.05, 3.63) is 0 Å². The predicted octanol–water partition coefficient (Wildman–Crippen LogP) is 1.63. The van der Waals surface area contributed by atoms with Gasteiger partial charge in [0.25, 0.3) is 0 Å². The van der Waals surface area contributed by atoms with Gasteiger partial charge < -0.3 is 9.84 Å². The van der Waals surface area contributed by atoms with E-state index in [1.807, 2.05) is 0 Å². The van der Waals surface area contributed by atoms with Crippen molar-refractivity contribution < 1.29 is 9.84 Å². The molecule has 0 aromatic carbocycles. The number of hydrogen-bond acceptors (Lipinski definition) is 2. The predicted molar refractivity (Wildman–Crippen MR) is 46.5 cm³/mol. The van der Waals surface area contributed by atoms with Gasteiger partial charge in [0.15, 0.2) is 6.29 Å². The fraction of sp³-hybridized carbons (Fsp3) is 1.00. The van der Waals surface area contributed by atoms with Crippen molar-refractivity contribution in [1.29, 1.82) is 0 Å². The number of hydrogen-bond donors (Lipinski definition) is 1. The van der Waals surface area contributed by atoms with Crippen LogP contribution in [0.25, 0.3) is 0 Å². The lowest BCUT2D eigenvalue weighted by Crippen LogP contribution is -2.40. The molecule has 12 heavy (non-hydrogen) atoms. The van der Waals surface area contributed by atoms with E-state index in [4.69, 9.17) is 4.74 Å². The van der Waals surface area contributed by atoms with Gasteiger partial charge in [-0.15, -0.1) is 0 Å². The molecule has 0 aromatic heterocycles. The third-order valence-corrected chi connectivity index (χ3v) is 3.70. The minimum Gasteiger partial charge on any atom is -0.368 e. The van der Waals surface area contributed by atoms with Crippen molar-refractivity contribution in [3.63, 3.8) is 0 Å². The molecule has 1 aliphatic heterocycles. The Morgan fingerprint density at radius 1 is 1.17 bits per heavy atom. The zero-order chi connectivity index (χ0) is 8.72. The molecule has 0 unspecified atom stereocenters. The number of fused-ring (bicyclic) bond motifs is 1. The van der Waals surface area contributed by atoms with Crippen molar-refractivity contribution in [3.8, 4) is 0 Å². The van der Waals surface area contributed by atoms with Crippen LogP contribution in [0, 0.1) is 23.7 Å². The third kappa shape index (κ3) is 1.17. The first-order chi connectivity index (χ1) is 5.70. The summed E-state index contributed by atoms with van der Waals surface area (Å²) < 4.78 is 5.33. The molecule has 0 bridgehead atoms. The summed E-state index contributed by atoms with van der Waals surface area (Å²) in [7, 11) is 0. The van der Waals surface area contributed by atoms with Gasteiger partial charge in [0.1, 0.15) is 0 Å².